The summed E-state index contributed by atoms with van der Waals surface area (Å²) in [6, 6.07) is 0.749. The number of hydrogen-bond donors (Lipinski definition) is 1. The van der Waals surface area contributed by atoms with Gasteiger partial charge in [-0.25, -0.2) is 0 Å². The third kappa shape index (κ3) is 2.73. The lowest BCUT2D eigenvalue weighted by atomic mass is 9.82. The van der Waals surface area contributed by atoms with E-state index < -0.39 is 0 Å². The Balaban J connectivity index is 1.90. The molecule has 2 nitrogen and oxygen atoms in total. The van der Waals surface area contributed by atoms with Crippen LogP contribution in [-0.2, 0) is 4.74 Å². The van der Waals surface area contributed by atoms with Crippen LogP contribution in [0.1, 0.15) is 39.0 Å². The second-order valence-corrected chi connectivity index (χ2v) is 5.44. The van der Waals surface area contributed by atoms with Crippen LogP contribution < -0.4 is 5.32 Å². The van der Waals surface area contributed by atoms with E-state index in [0.29, 0.717) is 0 Å². The molecule has 0 spiro atoms. The van der Waals surface area contributed by atoms with Gasteiger partial charge in [-0.1, -0.05) is 13.3 Å². The first kappa shape index (κ1) is 11.4. The van der Waals surface area contributed by atoms with E-state index in [2.05, 4.69) is 19.3 Å². The predicted molar refractivity (Wildman–Crippen MR) is 62.9 cm³/mol. The minimum absolute atomic E-state index is 0.749. The van der Waals surface area contributed by atoms with E-state index in [1.165, 1.54) is 32.1 Å². The highest BCUT2D eigenvalue weighted by Crippen LogP contribution is 2.36. The summed E-state index contributed by atoms with van der Waals surface area (Å²) in [5.41, 5.74) is 0. The SMILES string of the molecule is CNC(C1CCOCC1)C1CCC(C)C1. The molecule has 0 bridgehead atoms. The molecule has 3 unspecified atom stereocenters. The van der Waals surface area contributed by atoms with E-state index in [1.807, 2.05) is 0 Å². The Morgan fingerprint density at radius 2 is 1.80 bits per heavy atom. The maximum atomic E-state index is 5.45. The summed E-state index contributed by atoms with van der Waals surface area (Å²) in [4.78, 5) is 0. The zero-order valence-electron chi connectivity index (χ0n) is 10.2. The molecule has 0 aromatic heterocycles. The number of nitrogens with one attached hydrogen (secondary N) is 1. The van der Waals surface area contributed by atoms with Crippen LogP contribution in [-0.4, -0.2) is 26.3 Å². The fourth-order valence-corrected chi connectivity index (χ4v) is 3.51. The van der Waals surface area contributed by atoms with Crippen LogP contribution in [0.5, 0.6) is 0 Å². The summed E-state index contributed by atoms with van der Waals surface area (Å²) < 4.78 is 5.45. The summed E-state index contributed by atoms with van der Waals surface area (Å²) in [5, 5.41) is 3.58. The van der Waals surface area contributed by atoms with Gasteiger partial charge < -0.3 is 10.1 Å². The summed E-state index contributed by atoms with van der Waals surface area (Å²) in [7, 11) is 2.14. The molecule has 2 rings (SSSR count). The normalized spacial score (nSPS) is 35.6. The zero-order valence-corrected chi connectivity index (χ0v) is 10.2. The first-order valence-electron chi connectivity index (χ1n) is 6.56. The molecule has 2 heteroatoms. The van der Waals surface area contributed by atoms with Gasteiger partial charge in [-0.15, -0.1) is 0 Å². The lowest BCUT2D eigenvalue weighted by molar-refractivity contribution is 0.0459. The van der Waals surface area contributed by atoms with Gasteiger partial charge in [0, 0.05) is 19.3 Å². The predicted octanol–water partition coefficient (Wildman–Crippen LogP) is 2.44. The second-order valence-electron chi connectivity index (χ2n) is 5.44. The van der Waals surface area contributed by atoms with Gasteiger partial charge >= 0.3 is 0 Å². The van der Waals surface area contributed by atoms with E-state index in [1.54, 1.807) is 0 Å². The van der Waals surface area contributed by atoms with E-state index in [4.69, 9.17) is 4.74 Å². The highest BCUT2D eigenvalue weighted by molar-refractivity contribution is 4.87. The largest absolute Gasteiger partial charge is 0.381 e. The van der Waals surface area contributed by atoms with Gasteiger partial charge in [-0.05, 0) is 50.5 Å². The average Bonchev–Trinajstić information content (AvgIpc) is 2.68. The van der Waals surface area contributed by atoms with Gasteiger partial charge in [0.05, 0.1) is 0 Å². The average molecular weight is 211 g/mol. The molecule has 1 heterocycles. The van der Waals surface area contributed by atoms with Crippen LogP contribution in [0.3, 0.4) is 0 Å². The van der Waals surface area contributed by atoms with Gasteiger partial charge in [0.2, 0.25) is 0 Å². The van der Waals surface area contributed by atoms with Crippen molar-refractivity contribution in [3.05, 3.63) is 0 Å². The summed E-state index contributed by atoms with van der Waals surface area (Å²) in [5.74, 6) is 2.73. The van der Waals surface area contributed by atoms with Gasteiger partial charge in [0.15, 0.2) is 0 Å². The second kappa shape index (κ2) is 5.31. The van der Waals surface area contributed by atoms with Crippen molar-refractivity contribution >= 4 is 0 Å². The molecular weight excluding hydrogens is 186 g/mol. The van der Waals surface area contributed by atoms with E-state index in [9.17, 15) is 0 Å². The van der Waals surface area contributed by atoms with E-state index >= 15 is 0 Å². The minimum Gasteiger partial charge on any atom is -0.381 e. The lowest BCUT2D eigenvalue weighted by Gasteiger charge is -2.34. The van der Waals surface area contributed by atoms with E-state index in [0.717, 1.165) is 37.0 Å². The lowest BCUT2D eigenvalue weighted by Crippen LogP contribution is -2.41. The molecule has 1 saturated carbocycles. The monoisotopic (exact) mass is 211 g/mol. The Morgan fingerprint density at radius 3 is 2.33 bits per heavy atom. The van der Waals surface area contributed by atoms with Crippen molar-refractivity contribution in [3.8, 4) is 0 Å². The van der Waals surface area contributed by atoms with Crippen molar-refractivity contribution < 1.29 is 4.74 Å². The Hall–Kier alpha value is -0.0800. The summed E-state index contributed by atoms with van der Waals surface area (Å²) >= 11 is 0. The van der Waals surface area contributed by atoms with Crippen molar-refractivity contribution in [2.24, 2.45) is 17.8 Å². The molecule has 0 amide bonds. The molecule has 0 aromatic carbocycles. The smallest absolute Gasteiger partial charge is 0.0469 e. The van der Waals surface area contributed by atoms with Crippen molar-refractivity contribution in [3.63, 3.8) is 0 Å². The quantitative estimate of drug-likeness (QED) is 0.774. The standard InChI is InChI=1S/C13H25NO/c1-10-3-4-12(9-10)13(14-2)11-5-7-15-8-6-11/h10-14H,3-9H2,1-2H3. The fourth-order valence-electron chi connectivity index (χ4n) is 3.51. The first-order valence-corrected chi connectivity index (χ1v) is 6.56. The topological polar surface area (TPSA) is 21.3 Å². The van der Waals surface area contributed by atoms with Gasteiger partial charge in [0.1, 0.15) is 0 Å². The van der Waals surface area contributed by atoms with E-state index in [-0.39, 0.29) is 0 Å². The van der Waals surface area contributed by atoms with Crippen molar-refractivity contribution in [1.29, 1.82) is 0 Å². The molecule has 88 valence electrons. The Bertz CT molecular complexity index is 184. The van der Waals surface area contributed by atoms with Crippen LogP contribution in [0.4, 0.5) is 0 Å². The number of ether oxygens (including phenoxy) is 1. The molecular formula is C13H25NO. The molecule has 3 atom stereocenters. The maximum absolute atomic E-state index is 5.45. The highest BCUT2D eigenvalue weighted by Gasteiger charge is 2.33. The van der Waals surface area contributed by atoms with Crippen molar-refractivity contribution in [2.45, 2.75) is 45.1 Å². The Morgan fingerprint density at radius 1 is 1.07 bits per heavy atom. The molecule has 0 aromatic rings. The van der Waals surface area contributed by atoms with Crippen LogP contribution in [0.25, 0.3) is 0 Å². The maximum Gasteiger partial charge on any atom is 0.0469 e. The molecule has 2 aliphatic rings. The fraction of sp³-hybridized carbons (Fsp3) is 1.00. The van der Waals surface area contributed by atoms with Crippen molar-refractivity contribution in [1.82, 2.24) is 5.32 Å². The number of rotatable bonds is 3. The van der Waals surface area contributed by atoms with Gasteiger partial charge in [0.25, 0.3) is 0 Å². The molecule has 1 aliphatic heterocycles. The third-order valence-corrected chi connectivity index (χ3v) is 4.35. The van der Waals surface area contributed by atoms with Gasteiger partial charge in [-0.3, -0.25) is 0 Å². The van der Waals surface area contributed by atoms with Crippen LogP contribution in [0.2, 0.25) is 0 Å². The molecule has 1 saturated heterocycles. The highest BCUT2D eigenvalue weighted by atomic mass is 16.5. The van der Waals surface area contributed by atoms with Crippen LogP contribution >= 0.6 is 0 Å². The number of hydrogen-bond acceptors (Lipinski definition) is 2. The Kier molecular flexibility index (Phi) is 4.04. The van der Waals surface area contributed by atoms with Crippen LogP contribution in [0, 0.1) is 17.8 Å². The Labute approximate surface area is 93.8 Å². The molecule has 2 fully saturated rings. The van der Waals surface area contributed by atoms with Crippen molar-refractivity contribution in [2.75, 3.05) is 20.3 Å². The third-order valence-electron chi connectivity index (χ3n) is 4.35. The first-order chi connectivity index (χ1) is 7.31. The molecule has 15 heavy (non-hydrogen) atoms. The van der Waals surface area contributed by atoms with Gasteiger partial charge in [-0.2, -0.15) is 0 Å². The molecule has 1 N–H and O–H groups in total. The minimum atomic E-state index is 0.749. The molecule has 1 aliphatic carbocycles. The zero-order chi connectivity index (χ0) is 10.7. The molecule has 0 radical (unpaired) electrons. The summed E-state index contributed by atoms with van der Waals surface area (Å²) in [6.45, 7) is 4.35. The summed E-state index contributed by atoms with van der Waals surface area (Å²) in [6.07, 6.45) is 6.83. The van der Waals surface area contributed by atoms with Crippen LogP contribution in [0.15, 0.2) is 0 Å².